The molecule has 43 heavy (non-hydrogen) atoms. The fourth-order valence-electron chi connectivity index (χ4n) is 5.85. The number of nitrogens with zero attached hydrogens (tertiary/aromatic N) is 2. The molecule has 0 fully saturated rings. The molecule has 0 aliphatic carbocycles. The predicted octanol–water partition coefficient (Wildman–Crippen LogP) is 10.2. The Morgan fingerprint density at radius 2 is 1.23 bits per heavy atom. The number of ether oxygens (including phenoxy) is 1. The second-order valence-corrected chi connectivity index (χ2v) is 11.8. The lowest BCUT2D eigenvalue weighted by atomic mass is 9.96. The van der Waals surface area contributed by atoms with Crippen LogP contribution in [0.4, 0.5) is 0 Å². The summed E-state index contributed by atoms with van der Waals surface area (Å²) >= 11 is 0. The summed E-state index contributed by atoms with van der Waals surface area (Å²) in [7, 11) is 0. The normalized spacial score (nSPS) is 13.2. The number of H-pyrrole nitrogens is 2. The van der Waals surface area contributed by atoms with Crippen molar-refractivity contribution in [3.05, 3.63) is 101 Å². The van der Waals surface area contributed by atoms with E-state index in [2.05, 4.69) is 103 Å². The molecule has 220 valence electrons. The topological polar surface area (TPSA) is 66.6 Å². The van der Waals surface area contributed by atoms with E-state index in [0.29, 0.717) is 5.92 Å². The van der Waals surface area contributed by atoms with Gasteiger partial charge in [-0.25, -0.2) is 9.97 Å². The third kappa shape index (κ3) is 7.53. The molecule has 1 atom stereocenters. The summed E-state index contributed by atoms with van der Waals surface area (Å²) in [5.74, 6) is 1.57. The number of fused-ring (bicyclic) bond motifs is 8. The number of benzene rings is 1. The molecule has 5 heterocycles. The minimum atomic E-state index is 0.630. The van der Waals surface area contributed by atoms with Crippen molar-refractivity contribution in [3.63, 3.8) is 0 Å². The minimum Gasteiger partial charge on any atom is -0.493 e. The molecule has 0 saturated heterocycles. The van der Waals surface area contributed by atoms with Gasteiger partial charge < -0.3 is 14.7 Å². The Morgan fingerprint density at radius 1 is 0.628 bits per heavy atom. The Bertz CT molecular complexity index is 1760. The Kier molecular flexibility index (Phi) is 9.17. The molecule has 0 saturated carbocycles. The van der Waals surface area contributed by atoms with Crippen LogP contribution in [0.5, 0.6) is 5.75 Å². The highest BCUT2D eigenvalue weighted by Crippen LogP contribution is 2.30. The van der Waals surface area contributed by atoms with Crippen molar-refractivity contribution in [2.75, 3.05) is 6.61 Å². The zero-order valence-electron chi connectivity index (χ0n) is 25.4. The zero-order valence-corrected chi connectivity index (χ0v) is 25.4. The number of nitrogens with one attached hydrogen (secondary N) is 2. The van der Waals surface area contributed by atoms with Crippen molar-refractivity contribution in [1.82, 2.24) is 19.9 Å². The molecule has 3 aromatic heterocycles. The van der Waals surface area contributed by atoms with E-state index < -0.39 is 0 Å². The van der Waals surface area contributed by atoms with Gasteiger partial charge in [0.05, 0.1) is 29.4 Å². The monoisotopic (exact) mass is 570 g/mol. The highest BCUT2D eigenvalue weighted by atomic mass is 16.5. The van der Waals surface area contributed by atoms with Gasteiger partial charge in [-0.2, -0.15) is 0 Å². The van der Waals surface area contributed by atoms with Crippen LogP contribution in [0.15, 0.2) is 72.8 Å². The predicted molar refractivity (Wildman–Crippen MR) is 181 cm³/mol. The lowest BCUT2D eigenvalue weighted by molar-refractivity contribution is 0.225. The molecule has 5 nitrogen and oxygen atoms in total. The smallest absolute Gasteiger partial charge is 0.119 e. The molecule has 1 unspecified atom stereocenters. The van der Waals surface area contributed by atoms with Gasteiger partial charge in [-0.1, -0.05) is 64.5 Å². The zero-order chi connectivity index (χ0) is 29.4. The third-order valence-corrected chi connectivity index (χ3v) is 8.25. The van der Waals surface area contributed by atoms with E-state index in [1.54, 1.807) is 0 Å². The van der Waals surface area contributed by atoms with Crippen molar-refractivity contribution in [1.29, 1.82) is 0 Å². The summed E-state index contributed by atoms with van der Waals surface area (Å²) in [5.41, 5.74) is 9.94. The van der Waals surface area contributed by atoms with E-state index in [1.165, 1.54) is 51.4 Å². The maximum absolute atomic E-state index is 6.33. The van der Waals surface area contributed by atoms with Crippen LogP contribution in [0, 0.1) is 5.92 Å². The van der Waals surface area contributed by atoms with Gasteiger partial charge in [0.2, 0.25) is 0 Å². The molecular formula is C38H42N4O. The highest BCUT2D eigenvalue weighted by Gasteiger charge is 2.14. The van der Waals surface area contributed by atoms with Gasteiger partial charge in [0, 0.05) is 27.6 Å². The molecular weight excluding hydrogens is 528 g/mol. The van der Waals surface area contributed by atoms with Gasteiger partial charge in [0.15, 0.2) is 0 Å². The van der Waals surface area contributed by atoms with Crippen LogP contribution in [-0.4, -0.2) is 26.5 Å². The van der Waals surface area contributed by atoms with Crippen molar-refractivity contribution >= 4 is 45.9 Å². The van der Waals surface area contributed by atoms with Crippen molar-refractivity contribution in [3.8, 4) is 5.75 Å². The quantitative estimate of drug-likeness (QED) is 0.144. The van der Waals surface area contributed by atoms with Gasteiger partial charge in [0.1, 0.15) is 5.75 Å². The molecule has 0 spiro atoms. The van der Waals surface area contributed by atoms with Crippen LogP contribution < -0.4 is 4.74 Å². The number of hydrogen-bond donors (Lipinski definition) is 2. The number of rotatable bonds is 12. The van der Waals surface area contributed by atoms with E-state index in [9.17, 15) is 0 Å². The second-order valence-electron chi connectivity index (χ2n) is 11.8. The van der Waals surface area contributed by atoms with Crippen LogP contribution in [0.1, 0.15) is 93.6 Å². The van der Waals surface area contributed by atoms with Crippen molar-refractivity contribution in [2.24, 2.45) is 5.92 Å². The van der Waals surface area contributed by atoms with Gasteiger partial charge >= 0.3 is 0 Å². The molecule has 5 heteroatoms. The first-order chi connectivity index (χ1) is 21.1. The Hall–Kier alpha value is -4.38. The van der Waals surface area contributed by atoms with Crippen LogP contribution in [0.3, 0.4) is 0 Å². The Balaban J connectivity index is 1.27. The average Bonchev–Trinajstić information content (AvgIpc) is 3.82. The lowest BCUT2D eigenvalue weighted by Gasteiger charge is -2.18. The number of aromatic amines is 2. The Morgan fingerprint density at radius 3 is 1.88 bits per heavy atom. The second kappa shape index (κ2) is 13.7. The van der Waals surface area contributed by atoms with E-state index in [1.807, 2.05) is 12.2 Å². The van der Waals surface area contributed by atoms with Crippen LogP contribution in [0.2, 0.25) is 0 Å². The first-order valence-corrected chi connectivity index (χ1v) is 16.0. The molecule has 2 N–H and O–H groups in total. The van der Waals surface area contributed by atoms with Crippen LogP contribution in [0.25, 0.3) is 45.9 Å². The maximum atomic E-state index is 6.33. The number of aromatic nitrogens is 4. The molecule has 2 aliphatic rings. The van der Waals surface area contributed by atoms with E-state index in [4.69, 9.17) is 14.7 Å². The first kappa shape index (κ1) is 28.7. The Labute approximate surface area is 254 Å². The van der Waals surface area contributed by atoms with Crippen LogP contribution in [-0.2, 0) is 0 Å². The molecule has 6 rings (SSSR count). The van der Waals surface area contributed by atoms with E-state index >= 15 is 0 Å². The van der Waals surface area contributed by atoms with Gasteiger partial charge in [-0.3, -0.25) is 0 Å². The van der Waals surface area contributed by atoms with Gasteiger partial charge in [-0.05, 0) is 103 Å². The summed E-state index contributed by atoms with van der Waals surface area (Å²) < 4.78 is 6.33. The van der Waals surface area contributed by atoms with E-state index in [0.717, 1.165) is 68.3 Å². The summed E-state index contributed by atoms with van der Waals surface area (Å²) in [6.45, 7) is 5.34. The summed E-state index contributed by atoms with van der Waals surface area (Å²) in [5, 5.41) is 0. The number of unbranched alkanes of at least 4 members (excludes halogenated alkanes) is 4. The van der Waals surface area contributed by atoms with E-state index in [-0.39, 0.29) is 0 Å². The summed E-state index contributed by atoms with van der Waals surface area (Å²) in [4.78, 5) is 16.8. The fraction of sp³-hybridized carbons (Fsp3) is 0.316. The third-order valence-electron chi connectivity index (χ3n) is 8.25. The molecule has 4 aromatic rings. The van der Waals surface area contributed by atoms with Gasteiger partial charge in [-0.15, -0.1) is 0 Å². The maximum Gasteiger partial charge on any atom is 0.119 e. The molecule has 8 bridgehead atoms. The molecule has 2 aliphatic heterocycles. The minimum absolute atomic E-state index is 0.630. The van der Waals surface area contributed by atoms with Crippen molar-refractivity contribution < 1.29 is 4.74 Å². The summed E-state index contributed by atoms with van der Waals surface area (Å²) in [6, 6.07) is 25.2. The highest BCUT2D eigenvalue weighted by molar-refractivity contribution is 5.93. The lowest BCUT2D eigenvalue weighted by Crippen LogP contribution is -2.12. The standard InChI is InChI=1S/C38H42N4O/c1-3-5-7-8-10-27(9-6-4-2)26-43-36-19-11-28(12-20-36)37-24-35-23-33-16-15-31(40-33)21-29-13-14-30(39-29)22-32-17-18-34(41-32)25-38(37)42-35/h11-25,27,40-41H,3-10,26H2,1-2H3. The molecule has 0 radical (unpaired) electrons. The SMILES string of the molecule is CCCCCCC(CCCC)COc1ccc(C2=Cc3cc4ccc(cc5nc(cc6ccc(cc2n3)[nH]6)C=C5)[nH]4)cc1. The van der Waals surface area contributed by atoms with Crippen molar-refractivity contribution in [2.45, 2.75) is 65.2 Å². The number of hydrogen-bond acceptors (Lipinski definition) is 3. The largest absolute Gasteiger partial charge is 0.493 e. The summed E-state index contributed by atoms with van der Waals surface area (Å²) in [6.07, 6.45) is 16.5. The molecule has 1 aromatic carbocycles. The van der Waals surface area contributed by atoms with Gasteiger partial charge in [0.25, 0.3) is 0 Å². The fourth-order valence-corrected chi connectivity index (χ4v) is 5.85. The first-order valence-electron chi connectivity index (χ1n) is 16.0. The molecule has 0 amide bonds. The average molecular weight is 571 g/mol. The van der Waals surface area contributed by atoms with Crippen LogP contribution >= 0.6 is 0 Å².